The molecule has 5 heteroatoms. The SMILES string of the molecule is CCCN(CCNCC1CCNCC1)C(=O)OC(C)(C)C. The highest BCUT2D eigenvalue weighted by atomic mass is 16.6. The van der Waals surface area contributed by atoms with Crippen LogP contribution in [0.15, 0.2) is 0 Å². The van der Waals surface area contributed by atoms with E-state index in [4.69, 9.17) is 4.74 Å². The normalized spacial score (nSPS) is 16.8. The van der Waals surface area contributed by atoms with Crippen LogP contribution in [-0.2, 0) is 4.74 Å². The van der Waals surface area contributed by atoms with Crippen molar-refractivity contribution in [1.29, 1.82) is 0 Å². The molecule has 1 aliphatic rings. The van der Waals surface area contributed by atoms with Crippen LogP contribution in [0, 0.1) is 5.92 Å². The van der Waals surface area contributed by atoms with Gasteiger partial charge in [0.25, 0.3) is 0 Å². The summed E-state index contributed by atoms with van der Waals surface area (Å²) in [7, 11) is 0. The lowest BCUT2D eigenvalue weighted by atomic mass is 9.98. The van der Waals surface area contributed by atoms with Crippen molar-refractivity contribution in [2.75, 3.05) is 39.3 Å². The van der Waals surface area contributed by atoms with Gasteiger partial charge in [-0.15, -0.1) is 0 Å². The molecule has 0 aromatic rings. The maximum Gasteiger partial charge on any atom is 0.410 e. The van der Waals surface area contributed by atoms with Crippen LogP contribution in [-0.4, -0.2) is 55.9 Å². The fraction of sp³-hybridized carbons (Fsp3) is 0.938. The fourth-order valence-electron chi connectivity index (χ4n) is 2.50. The number of amides is 1. The highest BCUT2D eigenvalue weighted by molar-refractivity contribution is 5.68. The quantitative estimate of drug-likeness (QED) is 0.708. The fourth-order valence-corrected chi connectivity index (χ4v) is 2.50. The van der Waals surface area contributed by atoms with E-state index in [0.29, 0.717) is 6.54 Å². The second kappa shape index (κ2) is 9.26. The van der Waals surface area contributed by atoms with Gasteiger partial charge >= 0.3 is 6.09 Å². The molecule has 1 amide bonds. The maximum absolute atomic E-state index is 12.1. The second-order valence-corrected chi connectivity index (χ2v) is 6.86. The number of nitrogens with zero attached hydrogens (tertiary/aromatic N) is 1. The molecule has 0 bridgehead atoms. The minimum Gasteiger partial charge on any atom is -0.444 e. The number of hydrogen-bond donors (Lipinski definition) is 2. The van der Waals surface area contributed by atoms with Crippen molar-refractivity contribution in [3.8, 4) is 0 Å². The van der Waals surface area contributed by atoms with Crippen molar-refractivity contribution in [3.63, 3.8) is 0 Å². The molecule has 1 fully saturated rings. The molecule has 1 rings (SSSR count). The molecule has 124 valence electrons. The van der Waals surface area contributed by atoms with Crippen molar-refractivity contribution >= 4 is 6.09 Å². The van der Waals surface area contributed by atoms with Crippen molar-refractivity contribution in [2.24, 2.45) is 5.92 Å². The minimum absolute atomic E-state index is 0.201. The summed E-state index contributed by atoms with van der Waals surface area (Å²) < 4.78 is 5.45. The average molecular weight is 299 g/mol. The van der Waals surface area contributed by atoms with Crippen LogP contribution in [0.3, 0.4) is 0 Å². The van der Waals surface area contributed by atoms with Crippen LogP contribution in [0.2, 0.25) is 0 Å². The van der Waals surface area contributed by atoms with Crippen molar-refractivity contribution in [1.82, 2.24) is 15.5 Å². The molecule has 0 unspecified atom stereocenters. The standard InChI is InChI=1S/C16H33N3O2/c1-5-11-19(15(20)21-16(2,3)4)12-10-18-13-14-6-8-17-9-7-14/h14,17-18H,5-13H2,1-4H3. The van der Waals surface area contributed by atoms with E-state index in [9.17, 15) is 4.79 Å². The Kier molecular flexibility index (Phi) is 8.04. The highest BCUT2D eigenvalue weighted by Gasteiger charge is 2.21. The lowest BCUT2D eigenvalue weighted by Gasteiger charge is -2.28. The zero-order valence-corrected chi connectivity index (χ0v) is 14.2. The van der Waals surface area contributed by atoms with E-state index in [0.717, 1.165) is 45.1 Å². The molecule has 2 N–H and O–H groups in total. The van der Waals surface area contributed by atoms with Gasteiger partial charge in [-0.1, -0.05) is 6.92 Å². The highest BCUT2D eigenvalue weighted by Crippen LogP contribution is 2.11. The number of ether oxygens (including phenoxy) is 1. The molecule has 1 heterocycles. The molecule has 0 aromatic heterocycles. The predicted molar refractivity (Wildman–Crippen MR) is 86.6 cm³/mol. The van der Waals surface area contributed by atoms with E-state index in [1.165, 1.54) is 12.8 Å². The first kappa shape index (κ1) is 18.2. The Labute approximate surface area is 129 Å². The first-order valence-corrected chi connectivity index (χ1v) is 8.31. The first-order chi connectivity index (χ1) is 9.92. The molecule has 1 aliphatic heterocycles. The summed E-state index contributed by atoms with van der Waals surface area (Å²) in [6.07, 6.45) is 3.25. The molecule has 21 heavy (non-hydrogen) atoms. The van der Waals surface area contributed by atoms with E-state index in [2.05, 4.69) is 17.6 Å². The van der Waals surface area contributed by atoms with E-state index in [1.54, 1.807) is 4.90 Å². The lowest BCUT2D eigenvalue weighted by molar-refractivity contribution is 0.0251. The summed E-state index contributed by atoms with van der Waals surface area (Å²) in [4.78, 5) is 13.9. The molecular formula is C16H33N3O2. The molecular weight excluding hydrogens is 266 g/mol. The zero-order valence-electron chi connectivity index (χ0n) is 14.2. The summed E-state index contributed by atoms with van der Waals surface area (Å²) in [6.45, 7) is 13.4. The Morgan fingerprint density at radius 3 is 2.52 bits per heavy atom. The Morgan fingerprint density at radius 2 is 1.95 bits per heavy atom. The zero-order chi connectivity index (χ0) is 15.7. The van der Waals surface area contributed by atoms with Gasteiger partial charge in [0.05, 0.1) is 0 Å². The largest absolute Gasteiger partial charge is 0.444 e. The number of hydrogen-bond acceptors (Lipinski definition) is 4. The van der Waals surface area contributed by atoms with Crippen molar-refractivity contribution in [3.05, 3.63) is 0 Å². The number of carbonyl (C=O) groups is 1. The van der Waals surface area contributed by atoms with E-state index in [1.807, 2.05) is 20.8 Å². The van der Waals surface area contributed by atoms with Gasteiger partial charge < -0.3 is 20.3 Å². The summed E-state index contributed by atoms with van der Waals surface area (Å²) in [5.41, 5.74) is -0.425. The Morgan fingerprint density at radius 1 is 1.29 bits per heavy atom. The van der Waals surface area contributed by atoms with Gasteiger partial charge in [0.15, 0.2) is 0 Å². The summed E-state index contributed by atoms with van der Waals surface area (Å²) in [5, 5.41) is 6.86. The molecule has 5 nitrogen and oxygen atoms in total. The topological polar surface area (TPSA) is 53.6 Å². The van der Waals surface area contributed by atoms with Crippen LogP contribution in [0.1, 0.15) is 47.0 Å². The van der Waals surface area contributed by atoms with Gasteiger partial charge in [-0.3, -0.25) is 0 Å². The van der Waals surface area contributed by atoms with Gasteiger partial charge in [-0.05, 0) is 65.6 Å². The van der Waals surface area contributed by atoms with Crippen LogP contribution in [0.5, 0.6) is 0 Å². The Hall–Kier alpha value is -0.810. The number of piperidine rings is 1. The average Bonchev–Trinajstić information content (AvgIpc) is 2.41. The summed E-state index contributed by atoms with van der Waals surface area (Å²) in [6, 6.07) is 0. The number of rotatable bonds is 7. The second-order valence-electron chi connectivity index (χ2n) is 6.86. The van der Waals surface area contributed by atoms with E-state index >= 15 is 0 Å². The van der Waals surface area contributed by atoms with Crippen LogP contribution < -0.4 is 10.6 Å². The molecule has 0 spiro atoms. The van der Waals surface area contributed by atoms with Crippen LogP contribution in [0.4, 0.5) is 4.79 Å². The maximum atomic E-state index is 12.1. The Bertz CT molecular complexity index is 296. The van der Waals surface area contributed by atoms with Gasteiger partial charge in [-0.25, -0.2) is 4.79 Å². The monoisotopic (exact) mass is 299 g/mol. The van der Waals surface area contributed by atoms with Gasteiger partial charge in [0, 0.05) is 19.6 Å². The molecule has 1 saturated heterocycles. The van der Waals surface area contributed by atoms with Gasteiger partial charge in [0.2, 0.25) is 0 Å². The minimum atomic E-state index is -0.425. The molecule has 0 aliphatic carbocycles. The van der Waals surface area contributed by atoms with E-state index in [-0.39, 0.29) is 6.09 Å². The third kappa shape index (κ3) is 8.27. The Balaban J connectivity index is 2.25. The number of nitrogens with one attached hydrogen (secondary N) is 2. The predicted octanol–water partition coefficient (Wildman–Crippen LogP) is 2.22. The molecule has 0 saturated carbocycles. The molecule has 0 atom stereocenters. The van der Waals surface area contributed by atoms with Crippen LogP contribution >= 0.6 is 0 Å². The first-order valence-electron chi connectivity index (χ1n) is 8.31. The summed E-state index contributed by atoms with van der Waals surface area (Å²) >= 11 is 0. The molecule has 0 radical (unpaired) electrons. The number of carbonyl (C=O) groups excluding carboxylic acids is 1. The van der Waals surface area contributed by atoms with Gasteiger partial charge in [-0.2, -0.15) is 0 Å². The smallest absolute Gasteiger partial charge is 0.410 e. The third-order valence-electron chi connectivity index (χ3n) is 3.60. The lowest BCUT2D eigenvalue weighted by Crippen LogP contribution is -2.42. The van der Waals surface area contributed by atoms with Crippen molar-refractivity contribution < 1.29 is 9.53 Å². The van der Waals surface area contributed by atoms with E-state index < -0.39 is 5.60 Å². The third-order valence-corrected chi connectivity index (χ3v) is 3.60. The van der Waals surface area contributed by atoms with Crippen LogP contribution in [0.25, 0.3) is 0 Å². The molecule has 0 aromatic carbocycles. The van der Waals surface area contributed by atoms with Gasteiger partial charge in [0.1, 0.15) is 5.60 Å². The summed E-state index contributed by atoms with van der Waals surface area (Å²) in [5.74, 6) is 0.771. The van der Waals surface area contributed by atoms with Crippen molar-refractivity contribution in [2.45, 2.75) is 52.6 Å².